The Morgan fingerprint density at radius 3 is 2.44 bits per heavy atom. The zero-order valence-electron chi connectivity index (χ0n) is 8.48. The van der Waals surface area contributed by atoms with Gasteiger partial charge in [0.2, 0.25) is 0 Å². The van der Waals surface area contributed by atoms with Crippen molar-refractivity contribution in [3.05, 3.63) is 39.6 Å². The van der Waals surface area contributed by atoms with E-state index < -0.39 is 26.1 Å². The van der Waals surface area contributed by atoms with Crippen LogP contribution in [-0.4, -0.2) is 13.9 Å². The molecule has 0 spiro atoms. The Hall–Kier alpha value is -0.890. The maximum atomic E-state index is 13.1. The summed E-state index contributed by atoms with van der Waals surface area (Å²) in [7, 11) is -5.51. The lowest BCUT2D eigenvalue weighted by Gasteiger charge is -2.12. The molecule has 1 aliphatic carbocycles. The molecule has 2 nitrogen and oxygen atoms in total. The van der Waals surface area contributed by atoms with Crippen LogP contribution in [-0.2, 0) is 16.3 Å². The third-order valence-electron chi connectivity index (χ3n) is 2.40. The molecule has 0 N–H and O–H groups in total. The molecule has 0 bridgehead atoms. The predicted molar refractivity (Wildman–Crippen MR) is 58.1 cm³/mol. The van der Waals surface area contributed by atoms with Gasteiger partial charge in [-0.25, -0.2) is 12.8 Å². The molecule has 0 aliphatic heterocycles. The highest BCUT2D eigenvalue weighted by atomic mass is 79.9. The van der Waals surface area contributed by atoms with Gasteiger partial charge in [-0.15, -0.1) is 0 Å². The summed E-state index contributed by atoms with van der Waals surface area (Å²) in [4.78, 5) is -0.971. The largest absolute Gasteiger partial charge is 0.501 e. The van der Waals surface area contributed by atoms with E-state index in [0.29, 0.717) is 4.47 Å². The van der Waals surface area contributed by atoms with Gasteiger partial charge in [-0.2, -0.15) is 13.2 Å². The van der Waals surface area contributed by atoms with Crippen LogP contribution in [0.25, 0.3) is 0 Å². The lowest BCUT2D eigenvalue weighted by molar-refractivity contribution is -0.0436. The topological polar surface area (TPSA) is 34.1 Å². The zero-order valence-corrected chi connectivity index (χ0v) is 10.9. The molecule has 0 heterocycles. The number of fused-ring (bicyclic) bond motifs is 1. The average Bonchev–Trinajstić information content (AvgIpc) is 2.58. The highest BCUT2D eigenvalue weighted by Gasteiger charge is 2.48. The van der Waals surface area contributed by atoms with Crippen LogP contribution in [0, 0.1) is 6.08 Å². The van der Waals surface area contributed by atoms with E-state index >= 15 is 0 Å². The molecule has 0 saturated heterocycles. The first-order chi connectivity index (χ1) is 8.14. The van der Waals surface area contributed by atoms with Crippen molar-refractivity contribution in [2.75, 3.05) is 0 Å². The summed E-state index contributed by atoms with van der Waals surface area (Å²) < 4.78 is 73.4. The molecule has 97 valence electrons. The minimum atomic E-state index is -5.51. The molecule has 0 aromatic heterocycles. The van der Waals surface area contributed by atoms with Gasteiger partial charge in [-0.05, 0) is 17.7 Å². The summed E-state index contributed by atoms with van der Waals surface area (Å²) in [6.45, 7) is 0. The van der Waals surface area contributed by atoms with Crippen molar-refractivity contribution in [1.82, 2.24) is 0 Å². The molecule has 1 radical (unpaired) electrons. The number of alkyl halides is 3. The minimum Gasteiger partial charge on any atom is -0.214 e. The number of hydrogen-bond acceptors (Lipinski definition) is 2. The Morgan fingerprint density at radius 2 is 1.89 bits per heavy atom. The van der Waals surface area contributed by atoms with Gasteiger partial charge in [0.15, 0.2) is 0 Å². The van der Waals surface area contributed by atoms with Crippen molar-refractivity contribution < 1.29 is 26.0 Å². The number of allylic oxidation sites excluding steroid dienone is 1. The molecule has 2 rings (SSSR count). The van der Waals surface area contributed by atoms with E-state index in [-0.39, 0.29) is 17.5 Å². The monoisotopic (exact) mass is 343 g/mol. The number of benzene rings is 1. The molecular formula is C10H4BrF4O2S. The average molecular weight is 344 g/mol. The standard InChI is InChI=1S/C10H4BrF4O2S/c11-8-1-2-9(18(16,17)10(13,14)15)7-4-5(12)3-6(7)8/h1-2H,3H2. The third-order valence-corrected chi connectivity index (χ3v) is 4.68. The summed E-state index contributed by atoms with van der Waals surface area (Å²) in [6, 6.07) is 1.94. The first kappa shape index (κ1) is 13.5. The lowest BCUT2D eigenvalue weighted by atomic mass is 10.1. The van der Waals surface area contributed by atoms with Crippen LogP contribution in [0.1, 0.15) is 11.1 Å². The molecule has 0 amide bonds. The van der Waals surface area contributed by atoms with Crippen LogP contribution in [0.5, 0.6) is 0 Å². The predicted octanol–water partition coefficient (Wildman–Crippen LogP) is 3.30. The summed E-state index contributed by atoms with van der Waals surface area (Å²) in [6.07, 6.45) is 1.76. The van der Waals surface area contributed by atoms with Gasteiger partial charge in [-0.1, -0.05) is 15.9 Å². The second-order valence-corrected chi connectivity index (χ2v) is 6.32. The Balaban J connectivity index is 2.74. The smallest absolute Gasteiger partial charge is 0.214 e. The molecule has 0 unspecified atom stereocenters. The summed E-state index contributed by atoms with van der Waals surface area (Å²) >= 11 is 3.03. The molecule has 0 saturated carbocycles. The number of rotatable bonds is 1. The molecule has 18 heavy (non-hydrogen) atoms. The van der Waals surface area contributed by atoms with Crippen LogP contribution in [0.15, 0.2) is 27.3 Å². The summed E-state index contributed by atoms with van der Waals surface area (Å²) in [5.74, 6) is -0.796. The first-order valence-corrected chi connectivity index (χ1v) is 6.83. The van der Waals surface area contributed by atoms with Crippen molar-refractivity contribution in [1.29, 1.82) is 0 Å². The zero-order chi connectivity index (χ0) is 13.7. The van der Waals surface area contributed by atoms with Crippen LogP contribution >= 0.6 is 15.9 Å². The molecule has 1 aromatic rings. The molecule has 1 aliphatic rings. The van der Waals surface area contributed by atoms with Crippen LogP contribution in [0.4, 0.5) is 17.6 Å². The normalized spacial score (nSPS) is 15.5. The van der Waals surface area contributed by atoms with Gasteiger partial charge in [0.05, 0.1) is 4.90 Å². The van der Waals surface area contributed by atoms with Crippen LogP contribution in [0.3, 0.4) is 0 Å². The van der Waals surface area contributed by atoms with E-state index in [1.165, 1.54) is 0 Å². The number of halogens is 5. The first-order valence-electron chi connectivity index (χ1n) is 4.55. The Kier molecular flexibility index (Phi) is 3.05. The van der Waals surface area contributed by atoms with Gasteiger partial charge in [0.25, 0.3) is 9.84 Å². The fourth-order valence-electron chi connectivity index (χ4n) is 1.59. The van der Waals surface area contributed by atoms with E-state index in [1.807, 2.05) is 6.08 Å². The van der Waals surface area contributed by atoms with E-state index in [4.69, 9.17) is 0 Å². The third kappa shape index (κ3) is 1.97. The number of sulfone groups is 1. The van der Waals surface area contributed by atoms with Crippen molar-refractivity contribution in [2.24, 2.45) is 0 Å². The van der Waals surface area contributed by atoms with Crippen molar-refractivity contribution in [2.45, 2.75) is 16.8 Å². The highest BCUT2D eigenvalue weighted by Crippen LogP contribution is 2.39. The number of hydrogen-bond donors (Lipinski definition) is 0. The van der Waals surface area contributed by atoms with E-state index in [9.17, 15) is 26.0 Å². The Morgan fingerprint density at radius 1 is 1.28 bits per heavy atom. The SMILES string of the molecule is O=S(=O)(c1ccc(Br)c2c1[C]=C(F)C2)C(F)(F)F. The fraction of sp³-hybridized carbons (Fsp3) is 0.200. The molecule has 0 fully saturated rings. The van der Waals surface area contributed by atoms with Gasteiger partial charge < -0.3 is 0 Å². The van der Waals surface area contributed by atoms with Crippen LogP contribution in [0.2, 0.25) is 0 Å². The van der Waals surface area contributed by atoms with E-state index in [1.54, 1.807) is 0 Å². The maximum Gasteiger partial charge on any atom is 0.501 e. The molecule has 1 aromatic carbocycles. The van der Waals surface area contributed by atoms with Gasteiger partial charge in [0.1, 0.15) is 5.83 Å². The van der Waals surface area contributed by atoms with Gasteiger partial charge in [-0.3, -0.25) is 0 Å². The highest BCUT2D eigenvalue weighted by molar-refractivity contribution is 9.10. The van der Waals surface area contributed by atoms with Crippen molar-refractivity contribution >= 4 is 25.8 Å². The van der Waals surface area contributed by atoms with Crippen LogP contribution < -0.4 is 0 Å². The van der Waals surface area contributed by atoms with Gasteiger partial charge >= 0.3 is 5.51 Å². The molecule has 8 heteroatoms. The second kappa shape index (κ2) is 4.06. The fourth-order valence-corrected chi connectivity index (χ4v) is 3.00. The van der Waals surface area contributed by atoms with Crippen molar-refractivity contribution in [3.8, 4) is 0 Å². The quantitative estimate of drug-likeness (QED) is 0.733. The van der Waals surface area contributed by atoms with E-state index in [2.05, 4.69) is 15.9 Å². The lowest BCUT2D eigenvalue weighted by Crippen LogP contribution is -2.24. The second-order valence-electron chi connectivity index (χ2n) is 3.55. The summed E-state index contributed by atoms with van der Waals surface area (Å²) in [5, 5.41) is 0. The molecular weight excluding hydrogens is 340 g/mol. The Labute approximate surface area is 108 Å². The minimum absolute atomic E-state index is 0.151. The van der Waals surface area contributed by atoms with Gasteiger partial charge in [0, 0.05) is 22.5 Å². The maximum absolute atomic E-state index is 13.1. The summed E-state index contributed by atoms with van der Waals surface area (Å²) in [5.41, 5.74) is -5.63. The van der Waals surface area contributed by atoms with Crippen molar-refractivity contribution in [3.63, 3.8) is 0 Å². The molecule has 0 atom stereocenters. The Bertz CT molecular complexity index is 647. The van der Waals surface area contributed by atoms with E-state index in [0.717, 1.165) is 12.1 Å².